The number of nitrogens with one attached hydrogen (secondary N) is 1. The number of hydrogen-bond donors (Lipinski definition) is 1. The van der Waals surface area contributed by atoms with Gasteiger partial charge in [-0.05, 0) is 31.9 Å². The summed E-state index contributed by atoms with van der Waals surface area (Å²) in [7, 11) is 0. The summed E-state index contributed by atoms with van der Waals surface area (Å²) in [5, 5.41) is 3.37. The van der Waals surface area contributed by atoms with Gasteiger partial charge in [-0.25, -0.2) is 4.98 Å². The van der Waals surface area contributed by atoms with E-state index < -0.39 is 0 Å². The highest BCUT2D eigenvalue weighted by Crippen LogP contribution is 2.35. The minimum Gasteiger partial charge on any atom is -0.378 e. The highest BCUT2D eigenvalue weighted by Gasteiger charge is 2.24. The number of anilines is 1. The lowest BCUT2D eigenvalue weighted by Gasteiger charge is -2.08. The first-order valence-electron chi connectivity index (χ1n) is 6.00. The van der Waals surface area contributed by atoms with E-state index in [4.69, 9.17) is 0 Å². The predicted molar refractivity (Wildman–Crippen MR) is 66.8 cm³/mol. The largest absolute Gasteiger partial charge is 0.378 e. The lowest BCUT2D eigenvalue weighted by atomic mass is 10.3. The Bertz CT molecular complexity index is 496. The molecule has 3 rings (SSSR count). The Hall–Kier alpha value is -1.84. The molecule has 2 aromatic rings. The van der Waals surface area contributed by atoms with Crippen LogP contribution in [0.1, 0.15) is 30.3 Å². The van der Waals surface area contributed by atoms with Crippen molar-refractivity contribution in [2.75, 3.05) is 5.32 Å². The Morgan fingerprint density at radius 2 is 2.24 bits per heavy atom. The molecule has 1 saturated carbocycles. The molecule has 0 bridgehead atoms. The van der Waals surface area contributed by atoms with Crippen LogP contribution in [0.5, 0.6) is 0 Å². The zero-order chi connectivity index (χ0) is 11.7. The van der Waals surface area contributed by atoms with Gasteiger partial charge in [0.25, 0.3) is 0 Å². The van der Waals surface area contributed by atoms with Crippen LogP contribution in [-0.2, 0) is 6.54 Å². The molecule has 1 aliphatic carbocycles. The third-order valence-corrected chi connectivity index (χ3v) is 3.07. The standard InChI is InChI=1S/C13H16N4/c1-10-2-3-11(6-15-10)16-8-13-7-14-9-17(13)12-4-5-12/h2-3,6-7,9,12,16H,4-5,8H2,1H3. The first kappa shape index (κ1) is 10.3. The summed E-state index contributed by atoms with van der Waals surface area (Å²) < 4.78 is 2.27. The molecule has 0 amide bonds. The third-order valence-electron chi connectivity index (χ3n) is 3.07. The minimum atomic E-state index is 0.686. The van der Waals surface area contributed by atoms with E-state index in [-0.39, 0.29) is 0 Å². The van der Waals surface area contributed by atoms with Gasteiger partial charge < -0.3 is 9.88 Å². The van der Waals surface area contributed by atoms with Gasteiger partial charge in [0.05, 0.1) is 30.5 Å². The number of aryl methyl sites for hydroxylation is 1. The van der Waals surface area contributed by atoms with Gasteiger partial charge in [0.2, 0.25) is 0 Å². The van der Waals surface area contributed by atoms with Gasteiger partial charge in [0, 0.05) is 17.9 Å². The Kier molecular flexibility index (Phi) is 2.55. The molecule has 0 saturated heterocycles. The molecule has 0 aromatic carbocycles. The fourth-order valence-corrected chi connectivity index (χ4v) is 1.92. The van der Waals surface area contributed by atoms with Crippen molar-refractivity contribution >= 4 is 5.69 Å². The molecule has 2 heterocycles. The van der Waals surface area contributed by atoms with Crippen LogP contribution >= 0.6 is 0 Å². The van der Waals surface area contributed by atoms with Crippen LogP contribution in [0.2, 0.25) is 0 Å². The number of hydrogen-bond acceptors (Lipinski definition) is 3. The average molecular weight is 228 g/mol. The predicted octanol–water partition coefficient (Wildman–Crippen LogP) is 2.53. The van der Waals surface area contributed by atoms with E-state index in [9.17, 15) is 0 Å². The lowest BCUT2D eigenvalue weighted by Crippen LogP contribution is -2.06. The number of pyridine rings is 1. The molecule has 0 spiro atoms. The molecule has 0 aliphatic heterocycles. The summed E-state index contributed by atoms with van der Waals surface area (Å²) in [6.45, 7) is 2.80. The molecule has 0 radical (unpaired) electrons. The van der Waals surface area contributed by atoms with Crippen molar-refractivity contribution in [2.45, 2.75) is 32.4 Å². The Balaban J connectivity index is 1.67. The quantitative estimate of drug-likeness (QED) is 0.874. The number of rotatable bonds is 4. The van der Waals surface area contributed by atoms with Gasteiger partial charge in [-0.2, -0.15) is 0 Å². The summed E-state index contributed by atoms with van der Waals surface area (Å²) in [6, 6.07) is 4.76. The number of nitrogens with zero attached hydrogens (tertiary/aromatic N) is 3. The van der Waals surface area contributed by atoms with Crippen molar-refractivity contribution in [3.63, 3.8) is 0 Å². The normalized spacial score (nSPS) is 14.9. The maximum absolute atomic E-state index is 4.26. The van der Waals surface area contributed by atoms with E-state index in [2.05, 4.69) is 25.9 Å². The van der Waals surface area contributed by atoms with Crippen molar-refractivity contribution in [2.24, 2.45) is 0 Å². The molecule has 4 nitrogen and oxygen atoms in total. The molecular formula is C13H16N4. The minimum absolute atomic E-state index is 0.686. The smallest absolute Gasteiger partial charge is 0.0951 e. The molecular weight excluding hydrogens is 212 g/mol. The number of imidazole rings is 1. The lowest BCUT2D eigenvalue weighted by molar-refractivity contribution is 0.701. The van der Waals surface area contributed by atoms with Crippen molar-refractivity contribution < 1.29 is 0 Å². The Morgan fingerprint density at radius 1 is 1.35 bits per heavy atom. The summed E-state index contributed by atoms with van der Waals surface area (Å²) in [5.41, 5.74) is 3.34. The molecule has 17 heavy (non-hydrogen) atoms. The van der Waals surface area contributed by atoms with Gasteiger partial charge >= 0.3 is 0 Å². The van der Waals surface area contributed by atoms with E-state index >= 15 is 0 Å². The number of aromatic nitrogens is 3. The van der Waals surface area contributed by atoms with Crippen LogP contribution in [0.4, 0.5) is 5.69 Å². The molecule has 0 unspecified atom stereocenters. The van der Waals surface area contributed by atoms with Crippen LogP contribution in [0, 0.1) is 6.92 Å². The topological polar surface area (TPSA) is 42.7 Å². The Labute approximate surface area is 101 Å². The molecule has 88 valence electrons. The van der Waals surface area contributed by atoms with Gasteiger partial charge in [0.1, 0.15) is 0 Å². The maximum atomic E-state index is 4.26. The van der Waals surface area contributed by atoms with E-state index in [1.54, 1.807) is 0 Å². The monoisotopic (exact) mass is 228 g/mol. The van der Waals surface area contributed by atoms with Crippen molar-refractivity contribution in [3.05, 3.63) is 42.2 Å². The second kappa shape index (κ2) is 4.20. The van der Waals surface area contributed by atoms with Gasteiger partial charge in [-0.15, -0.1) is 0 Å². The highest BCUT2D eigenvalue weighted by molar-refractivity contribution is 5.41. The summed E-state index contributed by atoms with van der Waals surface area (Å²) in [5.74, 6) is 0. The van der Waals surface area contributed by atoms with Crippen LogP contribution in [0.15, 0.2) is 30.9 Å². The fraction of sp³-hybridized carbons (Fsp3) is 0.385. The van der Waals surface area contributed by atoms with E-state index in [1.165, 1.54) is 18.5 Å². The summed E-state index contributed by atoms with van der Waals surface area (Å²) in [6.07, 6.45) is 8.31. The van der Waals surface area contributed by atoms with Crippen molar-refractivity contribution in [1.82, 2.24) is 14.5 Å². The molecule has 2 aromatic heterocycles. The average Bonchev–Trinajstić information content (AvgIpc) is 3.08. The van der Waals surface area contributed by atoms with Gasteiger partial charge in [0.15, 0.2) is 0 Å². The molecule has 4 heteroatoms. The highest BCUT2D eigenvalue weighted by atomic mass is 15.1. The van der Waals surface area contributed by atoms with Gasteiger partial charge in [-0.1, -0.05) is 0 Å². The van der Waals surface area contributed by atoms with E-state index in [0.717, 1.165) is 17.9 Å². The molecule has 1 fully saturated rings. The molecule has 1 aliphatic rings. The van der Waals surface area contributed by atoms with Crippen LogP contribution < -0.4 is 5.32 Å². The fourth-order valence-electron chi connectivity index (χ4n) is 1.92. The second-order valence-electron chi connectivity index (χ2n) is 4.57. The van der Waals surface area contributed by atoms with E-state index in [0.29, 0.717) is 6.04 Å². The van der Waals surface area contributed by atoms with Crippen molar-refractivity contribution in [3.8, 4) is 0 Å². The van der Waals surface area contributed by atoms with E-state index in [1.807, 2.05) is 31.7 Å². The van der Waals surface area contributed by atoms with Crippen LogP contribution in [0.3, 0.4) is 0 Å². The molecule has 0 atom stereocenters. The maximum Gasteiger partial charge on any atom is 0.0951 e. The van der Waals surface area contributed by atoms with Gasteiger partial charge in [-0.3, -0.25) is 4.98 Å². The zero-order valence-electron chi connectivity index (χ0n) is 9.93. The van der Waals surface area contributed by atoms with Crippen LogP contribution in [-0.4, -0.2) is 14.5 Å². The first-order valence-corrected chi connectivity index (χ1v) is 6.00. The first-order chi connectivity index (χ1) is 8.33. The second-order valence-corrected chi connectivity index (χ2v) is 4.57. The summed E-state index contributed by atoms with van der Waals surface area (Å²) >= 11 is 0. The Morgan fingerprint density at radius 3 is 2.94 bits per heavy atom. The zero-order valence-corrected chi connectivity index (χ0v) is 9.93. The summed E-state index contributed by atoms with van der Waals surface area (Å²) in [4.78, 5) is 8.48. The SMILES string of the molecule is Cc1ccc(NCc2cncn2C2CC2)cn1. The van der Waals surface area contributed by atoms with Crippen LogP contribution in [0.25, 0.3) is 0 Å². The third kappa shape index (κ3) is 2.30. The van der Waals surface area contributed by atoms with Crippen molar-refractivity contribution in [1.29, 1.82) is 0 Å². The molecule has 1 N–H and O–H groups in total.